The van der Waals surface area contributed by atoms with E-state index in [0.717, 1.165) is 0 Å². The van der Waals surface area contributed by atoms with Crippen molar-refractivity contribution in [2.24, 2.45) is 11.1 Å². The molecule has 0 aliphatic heterocycles. The molecule has 1 aromatic heterocycles. The third kappa shape index (κ3) is 9.36. The van der Waals surface area contributed by atoms with Gasteiger partial charge in [-0.15, -0.1) is 0 Å². The van der Waals surface area contributed by atoms with Crippen LogP contribution in [0.15, 0.2) is 40.1 Å². The fourth-order valence-electron chi connectivity index (χ4n) is 1.95. The van der Waals surface area contributed by atoms with E-state index >= 15 is 0 Å². The molecule has 0 aliphatic carbocycles. The Balaban J connectivity index is 2.23. The molecule has 26 heavy (non-hydrogen) atoms. The average molecular weight is 369 g/mol. The van der Waals surface area contributed by atoms with E-state index in [9.17, 15) is 9.90 Å². The number of ether oxygens (including phenoxy) is 3. The predicted octanol–water partition coefficient (Wildman–Crippen LogP) is 1.93. The van der Waals surface area contributed by atoms with Gasteiger partial charge in [-0.05, 0) is 12.1 Å². The van der Waals surface area contributed by atoms with Crippen LogP contribution in [0.25, 0.3) is 0 Å². The molecule has 1 rings (SSSR count). The third-order valence-corrected chi connectivity index (χ3v) is 3.43. The lowest BCUT2D eigenvalue weighted by Crippen LogP contribution is -2.22. The van der Waals surface area contributed by atoms with Crippen molar-refractivity contribution < 1.29 is 33.4 Å². The number of hydrogen-bond donors (Lipinski definition) is 1. The molecule has 8 heteroatoms. The molecule has 1 aromatic rings. The predicted molar refractivity (Wildman–Crippen MR) is 94.5 cm³/mol. The average Bonchev–Trinajstić information content (AvgIpc) is 3.14. The van der Waals surface area contributed by atoms with Gasteiger partial charge in [0.25, 0.3) is 0 Å². The summed E-state index contributed by atoms with van der Waals surface area (Å²) in [4.78, 5) is 16.1. The van der Waals surface area contributed by atoms with E-state index in [0.29, 0.717) is 5.76 Å². The van der Waals surface area contributed by atoms with Gasteiger partial charge in [-0.2, -0.15) is 0 Å². The van der Waals surface area contributed by atoms with Crippen LogP contribution in [0.1, 0.15) is 19.1 Å². The van der Waals surface area contributed by atoms with E-state index in [1.54, 1.807) is 31.6 Å². The first-order chi connectivity index (χ1) is 12.6. The van der Waals surface area contributed by atoms with Crippen molar-refractivity contribution in [2.75, 3.05) is 27.4 Å². The number of esters is 1. The van der Waals surface area contributed by atoms with Crippen LogP contribution < -0.4 is 0 Å². The highest BCUT2D eigenvalue weighted by Crippen LogP contribution is 2.08. The Morgan fingerprint density at radius 1 is 1.38 bits per heavy atom. The van der Waals surface area contributed by atoms with Crippen LogP contribution in [0.3, 0.4) is 0 Å². The number of aliphatic hydroxyl groups is 1. The molecule has 0 bridgehead atoms. The highest BCUT2D eigenvalue weighted by molar-refractivity contribution is 5.71. The smallest absolute Gasteiger partial charge is 0.309 e. The van der Waals surface area contributed by atoms with E-state index < -0.39 is 6.10 Å². The molecule has 0 fully saturated rings. The minimum atomic E-state index is -0.805. The number of carbonyl (C=O) groups is 1. The van der Waals surface area contributed by atoms with Crippen molar-refractivity contribution in [3.05, 3.63) is 36.3 Å². The second kappa shape index (κ2) is 13.1. The molecule has 0 spiro atoms. The van der Waals surface area contributed by atoms with E-state index in [2.05, 4.69) is 9.89 Å². The Morgan fingerprint density at radius 2 is 2.19 bits per heavy atom. The first kappa shape index (κ1) is 21.9. The molecule has 1 heterocycles. The standard InChI is InChI=1S/C18H27NO7/c1-14(6-4-8-18(21)23-3)17(22-2)10-19-26-12-15(20)11-24-13-16-7-5-9-25-16/h4-7,9-10,14-15,17,20H,8,11-13H2,1-3H3/t14-,15+,17-/m1/s1. The van der Waals surface area contributed by atoms with E-state index in [4.69, 9.17) is 18.7 Å². The molecule has 0 aliphatic rings. The van der Waals surface area contributed by atoms with Gasteiger partial charge in [0, 0.05) is 13.0 Å². The summed E-state index contributed by atoms with van der Waals surface area (Å²) >= 11 is 0. The van der Waals surface area contributed by atoms with Crippen molar-refractivity contribution in [1.29, 1.82) is 0 Å². The van der Waals surface area contributed by atoms with Crippen molar-refractivity contribution >= 4 is 12.2 Å². The van der Waals surface area contributed by atoms with Crippen molar-refractivity contribution in [1.82, 2.24) is 0 Å². The molecule has 8 nitrogen and oxygen atoms in total. The fourth-order valence-corrected chi connectivity index (χ4v) is 1.95. The Bertz CT molecular complexity index is 542. The zero-order valence-electron chi connectivity index (χ0n) is 15.4. The van der Waals surface area contributed by atoms with Gasteiger partial charge in [0.05, 0.1) is 32.6 Å². The minimum Gasteiger partial charge on any atom is -0.469 e. The van der Waals surface area contributed by atoms with Gasteiger partial charge >= 0.3 is 5.97 Å². The van der Waals surface area contributed by atoms with Crippen molar-refractivity contribution in [3.8, 4) is 0 Å². The highest BCUT2D eigenvalue weighted by atomic mass is 16.6. The maximum atomic E-state index is 11.1. The number of nitrogens with zero attached hydrogens (tertiary/aromatic N) is 1. The number of methoxy groups -OCH3 is 2. The van der Waals surface area contributed by atoms with E-state index in [-0.39, 0.29) is 44.2 Å². The molecule has 3 atom stereocenters. The molecular formula is C18H27NO7. The molecule has 0 saturated carbocycles. The van der Waals surface area contributed by atoms with E-state index in [1.807, 2.05) is 13.0 Å². The number of oxime groups is 1. The van der Waals surface area contributed by atoms with Gasteiger partial charge in [0.15, 0.2) is 0 Å². The third-order valence-electron chi connectivity index (χ3n) is 3.43. The first-order valence-electron chi connectivity index (χ1n) is 8.26. The lowest BCUT2D eigenvalue weighted by atomic mass is 10.0. The molecule has 1 N–H and O–H groups in total. The molecular weight excluding hydrogens is 342 g/mol. The zero-order valence-corrected chi connectivity index (χ0v) is 15.4. The van der Waals surface area contributed by atoms with Gasteiger partial charge in [-0.25, -0.2) is 0 Å². The SMILES string of the molecule is COC(=O)CC=C[C@@H](C)[C@@H](C=NOC[C@@H](O)COCc1ccco1)OC. The molecule has 0 radical (unpaired) electrons. The second-order valence-electron chi connectivity index (χ2n) is 5.57. The lowest BCUT2D eigenvalue weighted by molar-refractivity contribution is -0.139. The van der Waals surface area contributed by atoms with Crippen LogP contribution in [-0.4, -0.2) is 56.9 Å². The molecule has 146 valence electrons. The van der Waals surface area contributed by atoms with Crippen molar-refractivity contribution in [2.45, 2.75) is 32.2 Å². The minimum absolute atomic E-state index is 0.00233. The normalized spacial score (nSPS) is 15.2. The van der Waals surface area contributed by atoms with Gasteiger partial charge in [0.2, 0.25) is 0 Å². The summed E-state index contributed by atoms with van der Waals surface area (Å²) in [5, 5.41) is 13.6. The zero-order chi connectivity index (χ0) is 19.2. The second-order valence-corrected chi connectivity index (χ2v) is 5.57. The van der Waals surface area contributed by atoms with Crippen LogP contribution in [0.5, 0.6) is 0 Å². The highest BCUT2D eigenvalue weighted by Gasteiger charge is 2.12. The first-order valence-corrected chi connectivity index (χ1v) is 8.26. The Labute approximate surface area is 153 Å². The summed E-state index contributed by atoms with van der Waals surface area (Å²) in [7, 11) is 2.90. The van der Waals surface area contributed by atoms with Gasteiger partial charge < -0.3 is 28.6 Å². The Morgan fingerprint density at radius 3 is 2.85 bits per heavy atom. The maximum Gasteiger partial charge on any atom is 0.309 e. The van der Waals surface area contributed by atoms with Crippen molar-refractivity contribution in [3.63, 3.8) is 0 Å². The van der Waals surface area contributed by atoms with Crippen LogP contribution in [0.2, 0.25) is 0 Å². The number of furan rings is 1. The van der Waals surface area contributed by atoms with Crippen LogP contribution in [0, 0.1) is 5.92 Å². The monoisotopic (exact) mass is 369 g/mol. The van der Waals surface area contributed by atoms with Gasteiger partial charge in [-0.1, -0.05) is 24.2 Å². The summed E-state index contributed by atoms with van der Waals surface area (Å²) < 4.78 is 20.3. The molecule has 0 aromatic carbocycles. The summed E-state index contributed by atoms with van der Waals surface area (Å²) in [5.74, 6) is 0.370. The fraction of sp³-hybridized carbons (Fsp3) is 0.556. The van der Waals surface area contributed by atoms with Crippen LogP contribution in [-0.2, 0) is 30.4 Å². The summed E-state index contributed by atoms with van der Waals surface area (Å²) in [6, 6.07) is 3.56. The van der Waals surface area contributed by atoms with Crippen LogP contribution >= 0.6 is 0 Å². The number of aliphatic hydroxyl groups excluding tert-OH is 1. The quantitative estimate of drug-likeness (QED) is 0.245. The summed E-state index contributed by atoms with van der Waals surface area (Å²) in [6.45, 7) is 2.31. The largest absolute Gasteiger partial charge is 0.469 e. The number of rotatable bonds is 13. The molecule has 0 amide bonds. The summed E-state index contributed by atoms with van der Waals surface area (Å²) in [5.41, 5.74) is 0. The van der Waals surface area contributed by atoms with Crippen LogP contribution in [0.4, 0.5) is 0 Å². The Kier molecular flexibility index (Phi) is 11.0. The number of hydrogen-bond acceptors (Lipinski definition) is 8. The topological polar surface area (TPSA) is 99.7 Å². The maximum absolute atomic E-state index is 11.1. The molecule has 0 saturated heterocycles. The lowest BCUT2D eigenvalue weighted by Gasteiger charge is -2.15. The Hall–Kier alpha value is -2.16. The van der Waals surface area contributed by atoms with Gasteiger partial charge in [0.1, 0.15) is 31.2 Å². The van der Waals surface area contributed by atoms with E-state index in [1.165, 1.54) is 13.3 Å². The molecule has 0 unspecified atom stereocenters. The summed E-state index contributed by atoms with van der Waals surface area (Å²) in [6.07, 6.45) is 5.70. The van der Waals surface area contributed by atoms with Gasteiger partial charge in [-0.3, -0.25) is 4.79 Å². The number of carbonyl (C=O) groups excluding carboxylic acids is 1.